The molecule has 0 unspecified atom stereocenters. The van der Waals surface area contributed by atoms with E-state index < -0.39 is 0 Å². The van der Waals surface area contributed by atoms with Gasteiger partial charge in [0.15, 0.2) is 0 Å². The highest BCUT2D eigenvalue weighted by atomic mass is 79.9. The van der Waals surface area contributed by atoms with Crippen LogP contribution in [0, 0.1) is 0 Å². The quantitative estimate of drug-likeness (QED) is 0.596. The number of rotatable bonds is 4. The van der Waals surface area contributed by atoms with Crippen LogP contribution in [0.3, 0.4) is 0 Å². The van der Waals surface area contributed by atoms with E-state index in [-0.39, 0.29) is 5.41 Å². The van der Waals surface area contributed by atoms with Gasteiger partial charge in [-0.3, -0.25) is 0 Å². The molecule has 3 heteroatoms. The smallest absolute Gasteiger partial charge is 0.124 e. The average Bonchev–Trinajstić information content (AvgIpc) is 2.45. The van der Waals surface area contributed by atoms with E-state index in [1.165, 1.54) is 5.56 Å². The van der Waals surface area contributed by atoms with Gasteiger partial charge in [0.2, 0.25) is 0 Å². The fourth-order valence-electron chi connectivity index (χ4n) is 2.06. The third kappa shape index (κ3) is 4.49. The fourth-order valence-corrected chi connectivity index (χ4v) is 2.67. The highest BCUT2D eigenvalue weighted by Crippen LogP contribution is 2.26. The van der Waals surface area contributed by atoms with Crippen molar-refractivity contribution in [2.75, 3.05) is 0 Å². The predicted octanol–water partition coefficient (Wildman–Crippen LogP) is 6.06. The zero-order valence-electron chi connectivity index (χ0n) is 12.6. The van der Waals surface area contributed by atoms with Gasteiger partial charge in [0.1, 0.15) is 12.4 Å². The Kier molecular flexibility index (Phi) is 5.34. The van der Waals surface area contributed by atoms with Crippen LogP contribution >= 0.6 is 27.5 Å². The molecule has 0 N–H and O–H groups in total. The maximum Gasteiger partial charge on any atom is 0.124 e. The third-order valence-electron chi connectivity index (χ3n) is 3.38. The first-order chi connectivity index (χ1) is 9.90. The van der Waals surface area contributed by atoms with Gasteiger partial charge >= 0.3 is 0 Å². The van der Waals surface area contributed by atoms with Crippen molar-refractivity contribution in [3.8, 4) is 5.75 Å². The van der Waals surface area contributed by atoms with Crippen LogP contribution < -0.4 is 4.74 Å². The number of ether oxygens (including phenoxy) is 1. The molecule has 0 spiro atoms. The molecule has 0 aliphatic rings. The Balaban J connectivity index is 2.07. The zero-order valence-corrected chi connectivity index (χ0v) is 15.0. The van der Waals surface area contributed by atoms with Crippen molar-refractivity contribution < 1.29 is 4.74 Å². The first-order valence-corrected chi connectivity index (χ1v) is 8.29. The van der Waals surface area contributed by atoms with Crippen LogP contribution in [-0.4, -0.2) is 0 Å². The predicted molar refractivity (Wildman–Crippen MR) is 93.2 cm³/mol. The van der Waals surface area contributed by atoms with Crippen LogP contribution in [0.15, 0.2) is 46.9 Å². The van der Waals surface area contributed by atoms with Crippen LogP contribution in [0.5, 0.6) is 5.75 Å². The molecule has 2 rings (SSSR count). The van der Waals surface area contributed by atoms with Crippen molar-refractivity contribution in [3.05, 3.63) is 63.6 Å². The third-order valence-corrected chi connectivity index (χ3v) is 4.16. The topological polar surface area (TPSA) is 9.23 Å². The molecule has 0 amide bonds. The van der Waals surface area contributed by atoms with Crippen molar-refractivity contribution in [3.63, 3.8) is 0 Å². The average molecular weight is 368 g/mol. The molecule has 0 saturated carbocycles. The lowest BCUT2D eigenvalue weighted by atomic mass is 9.87. The molecule has 112 valence electrons. The highest BCUT2D eigenvalue weighted by molar-refractivity contribution is 9.10. The minimum atomic E-state index is 0.177. The van der Waals surface area contributed by atoms with E-state index in [4.69, 9.17) is 16.3 Å². The molecular formula is C18H20BrClO. The van der Waals surface area contributed by atoms with E-state index in [0.29, 0.717) is 12.5 Å². The van der Waals surface area contributed by atoms with Gasteiger partial charge in [-0.15, -0.1) is 11.6 Å². The van der Waals surface area contributed by atoms with Gasteiger partial charge in [0.05, 0.1) is 5.88 Å². The van der Waals surface area contributed by atoms with Crippen molar-refractivity contribution in [2.45, 2.75) is 38.7 Å². The number of hydrogen-bond acceptors (Lipinski definition) is 1. The van der Waals surface area contributed by atoms with E-state index in [1.54, 1.807) is 0 Å². The first kappa shape index (κ1) is 16.4. The molecule has 2 aromatic rings. The zero-order chi connectivity index (χ0) is 15.5. The van der Waals surface area contributed by atoms with Crippen LogP contribution in [-0.2, 0) is 17.9 Å². The summed E-state index contributed by atoms with van der Waals surface area (Å²) in [5.74, 6) is 1.28. The van der Waals surface area contributed by atoms with E-state index in [0.717, 1.165) is 21.3 Å². The van der Waals surface area contributed by atoms with E-state index in [2.05, 4.69) is 61.0 Å². The SMILES string of the molecule is CC(C)(C)c1ccc(COc2ccc(Br)cc2CCl)cc1. The Morgan fingerprint density at radius 3 is 2.29 bits per heavy atom. The Morgan fingerprint density at radius 1 is 1.05 bits per heavy atom. The van der Waals surface area contributed by atoms with Crippen LogP contribution in [0.1, 0.15) is 37.5 Å². The van der Waals surface area contributed by atoms with Gasteiger partial charge in [-0.2, -0.15) is 0 Å². The van der Waals surface area contributed by atoms with Gasteiger partial charge in [-0.25, -0.2) is 0 Å². The lowest BCUT2D eigenvalue weighted by Gasteiger charge is -2.19. The van der Waals surface area contributed by atoms with Crippen LogP contribution in [0.2, 0.25) is 0 Å². The second-order valence-corrected chi connectivity index (χ2v) is 7.30. The normalized spacial score (nSPS) is 11.5. The molecule has 0 radical (unpaired) electrons. The van der Waals surface area contributed by atoms with Crippen molar-refractivity contribution >= 4 is 27.5 Å². The largest absolute Gasteiger partial charge is 0.489 e. The van der Waals surface area contributed by atoms with Gasteiger partial charge in [0, 0.05) is 10.0 Å². The summed E-state index contributed by atoms with van der Waals surface area (Å²) in [6, 6.07) is 14.5. The van der Waals surface area contributed by atoms with Crippen LogP contribution in [0.25, 0.3) is 0 Å². The molecular weight excluding hydrogens is 348 g/mol. The minimum Gasteiger partial charge on any atom is -0.489 e. The summed E-state index contributed by atoms with van der Waals surface area (Å²) in [6.45, 7) is 7.20. The second kappa shape index (κ2) is 6.85. The molecule has 1 nitrogen and oxygen atoms in total. The lowest BCUT2D eigenvalue weighted by molar-refractivity contribution is 0.303. The van der Waals surface area contributed by atoms with Gasteiger partial charge in [-0.1, -0.05) is 61.0 Å². The second-order valence-electron chi connectivity index (χ2n) is 6.12. The number of alkyl halides is 1. The molecule has 21 heavy (non-hydrogen) atoms. The maximum atomic E-state index is 5.96. The maximum absolute atomic E-state index is 5.96. The van der Waals surface area contributed by atoms with Gasteiger partial charge in [-0.05, 0) is 34.7 Å². The molecule has 0 bridgehead atoms. The molecule has 0 aliphatic carbocycles. The Morgan fingerprint density at radius 2 is 1.71 bits per heavy atom. The molecule has 0 atom stereocenters. The summed E-state index contributed by atoms with van der Waals surface area (Å²) < 4.78 is 6.90. The molecule has 0 aliphatic heterocycles. The molecule has 0 saturated heterocycles. The fraction of sp³-hybridized carbons (Fsp3) is 0.333. The number of hydrogen-bond donors (Lipinski definition) is 0. The lowest BCUT2D eigenvalue weighted by Crippen LogP contribution is -2.10. The molecule has 0 heterocycles. The monoisotopic (exact) mass is 366 g/mol. The van der Waals surface area contributed by atoms with Crippen LogP contribution in [0.4, 0.5) is 0 Å². The Hall–Kier alpha value is -0.990. The van der Waals surface area contributed by atoms with Crippen molar-refractivity contribution in [1.82, 2.24) is 0 Å². The van der Waals surface area contributed by atoms with E-state index in [1.807, 2.05) is 18.2 Å². The molecule has 0 aromatic heterocycles. The van der Waals surface area contributed by atoms with E-state index in [9.17, 15) is 0 Å². The Labute approximate surface area is 140 Å². The summed E-state index contributed by atoms with van der Waals surface area (Å²) in [7, 11) is 0. The summed E-state index contributed by atoms with van der Waals surface area (Å²) in [5, 5.41) is 0. The minimum absolute atomic E-state index is 0.177. The van der Waals surface area contributed by atoms with Crippen molar-refractivity contribution in [2.24, 2.45) is 0 Å². The molecule has 0 fully saturated rings. The number of halogens is 2. The Bertz CT molecular complexity index is 600. The molecule has 2 aromatic carbocycles. The van der Waals surface area contributed by atoms with E-state index >= 15 is 0 Å². The highest BCUT2D eigenvalue weighted by Gasteiger charge is 2.13. The van der Waals surface area contributed by atoms with Gasteiger partial charge in [0.25, 0.3) is 0 Å². The van der Waals surface area contributed by atoms with Gasteiger partial charge < -0.3 is 4.74 Å². The summed E-state index contributed by atoms with van der Waals surface area (Å²) in [5.41, 5.74) is 3.66. The summed E-state index contributed by atoms with van der Waals surface area (Å²) in [6.07, 6.45) is 0. The summed E-state index contributed by atoms with van der Waals surface area (Å²) >= 11 is 9.40. The standard InChI is InChI=1S/C18H20BrClO/c1-18(2,3)15-6-4-13(5-7-15)12-21-17-9-8-16(19)10-14(17)11-20/h4-10H,11-12H2,1-3H3. The first-order valence-electron chi connectivity index (χ1n) is 6.97. The van der Waals surface area contributed by atoms with Crippen molar-refractivity contribution in [1.29, 1.82) is 0 Å². The number of benzene rings is 2. The summed E-state index contributed by atoms with van der Waals surface area (Å²) in [4.78, 5) is 0.